The Labute approximate surface area is 348 Å². The minimum Gasteiger partial charge on any atom is -0.496 e. The number of oxazole rings is 1. The van der Waals surface area contributed by atoms with Crippen LogP contribution in [0.15, 0.2) is 101 Å². The van der Waals surface area contributed by atoms with E-state index in [9.17, 15) is 9.59 Å². The quantitative estimate of drug-likeness (QED) is 0.116. The van der Waals surface area contributed by atoms with Crippen LogP contribution in [0.2, 0.25) is 5.04 Å². The van der Waals surface area contributed by atoms with E-state index in [0.717, 1.165) is 11.3 Å². The molecular weight excluding hydrogens is 814 g/mol. The Kier molecular flexibility index (Phi) is 11.8. The minimum atomic E-state index is -4.74. The second-order valence-corrected chi connectivity index (χ2v) is 22.7. The molecule has 7 rings (SSSR count). The molecule has 59 heavy (non-hydrogen) atoms. The Morgan fingerprint density at radius 2 is 1.66 bits per heavy atom. The molecule has 2 aliphatic heterocycles. The number of sulfonamides is 1. The summed E-state index contributed by atoms with van der Waals surface area (Å²) in [5.74, 6) is -0.672. The number of ether oxygens (including phenoxy) is 3. The number of ketones is 1. The van der Waals surface area contributed by atoms with E-state index in [-0.39, 0.29) is 40.4 Å². The van der Waals surface area contributed by atoms with Crippen LogP contribution < -0.4 is 20.0 Å². The molecule has 312 valence electrons. The van der Waals surface area contributed by atoms with Crippen LogP contribution in [0.5, 0.6) is 5.75 Å². The lowest BCUT2D eigenvalue weighted by atomic mass is 9.91. The largest absolute Gasteiger partial charge is 0.496 e. The van der Waals surface area contributed by atoms with Gasteiger partial charge in [0.25, 0.3) is 18.3 Å². The fourth-order valence-corrected chi connectivity index (χ4v) is 15.5. The van der Waals surface area contributed by atoms with Crippen molar-refractivity contribution in [2.45, 2.75) is 81.6 Å². The van der Waals surface area contributed by atoms with Gasteiger partial charge in [-0.2, -0.15) is 0 Å². The van der Waals surface area contributed by atoms with E-state index in [1.165, 1.54) is 56.5 Å². The maximum absolute atomic E-state index is 15.2. The summed E-state index contributed by atoms with van der Waals surface area (Å²) in [7, 11) is -7.04. The van der Waals surface area contributed by atoms with Crippen molar-refractivity contribution in [2.24, 2.45) is 0 Å². The molecular formula is C43H48FN3O9S2Si. The Hall–Kier alpha value is -4.71. The topological polar surface area (TPSA) is 149 Å². The summed E-state index contributed by atoms with van der Waals surface area (Å²) in [5.41, 5.74) is -1.38. The predicted molar refractivity (Wildman–Crippen MR) is 225 cm³/mol. The van der Waals surface area contributed by atoms with Crippen LogP contribution in [0.3, 0.4) is 0 Å². The fourth-order valence-electron chi connectivity index (χ4n) is 8.14. The molecule has 4 heterocycles. The van der Waals surface area contributed by atoms with E-state index >= 15 is 17.6 Å². The molecule has 0 bridgehead atoms. The molecule has 3 aromatic carbocycles. The number of urea groups is 1. The van der Waals surface area contributed by atoms with Crippen LogP contribution >= 0.6 is 11.3 Å². The van der Waals surface area contributed by atoms with Crippen LogP contribution in [-0.4, -0.2) is 81.1 Å². The Morgan fingerprint density at radius 1 is 1.03 bits per heavy atom. The first-order valence-corrected chi connectivity index (χ1v) is 23.6. The average molecular weight is 862 g/mol. The van der Waals surface area contributed by atoms with Gasteiger partial charge in [-0.15, -0.1) is 11.3 Å². The molecule has 0 radical (unpaired) electrons. The van der Waals surface area contributed by atoms with E-state index in [4.69, 9.17) is 18.6 Å². The number of carbonyl (C=O) groups is 2. The van der Waals surface area contributed by atoms with Crippen molar-refractivity contribution >= 4 is 56.9 Å². The van der Waals surface area contributed by atoms with Crippen molar-refractivity contribution in [1.82, 2.24) is 9.29 Å². The zero-order valence-electron chi connectivity index (χ0n) is 33.8. The molecule has 5 aromatic rings. The summed E-state index contributed by atoms with van der Waals surface area (Å²) in [6.45, 7) is 8.66. The van der Waals surface area contributed by atoms with Gasteiger partial charge in [-0.1, -0.05) is 74.5 Å². The Morgan fingerprint density at radius 3 is 2.24 bits per heavy atom. The molecule has 1 fully saturated rings. The van der Waals surface area contributed by atoms with Gasteiger partial charge in [0.05, 0.1) is 30.8 Å². The van der Waals surface area contributed by atoms with Gasteiger partial charge in [0, 0.05) is 25.2 Å². The second kappa shape index (κ2) is 16.4. The van der Waals surface area contributed by atoms with E-state index in [0.29, 0.717) is 56.9 Å². The summed E-state index contributed by atoms with van der Waals surface area (Å²) in [4.78, 5) is 48.8. The molecule has 2 aromatic heterocycles. The molecule has 2 amide bonds. The number of benzene rings is 3. The third-order valence-corrected chi connectivity index (χ3v) is 19.4. The number of fused-ring (bicyclic) bond motifs is 1. The fraction of sp³-hybridized carbons (Fsp3) is 0.372. The SMILES string of the molecule is COc1ccc(F)cc1[C@H](CN1C(=O)N(C(C)(C)C(=O)CC(C)(C)[Si](O)(c2ccccc2)c2ccccc2)S(=O)(=O)c2c1sc(-c1ncco1)c2C)OC1CCOCC1. The van der Waals surface area contributed by atoms with Crippen LogP contribution in [0.25, 0.3) is 10.8 Å². The van der Waals surface area contributed by atoms with Crippen molar-refractivity contribution in [3.8, 4) is 16.5 Å². The van der Waals surface area contributed by atoms with Gasteiger partial charge in [-0.3, -0.25) is 9.69 Å². The first kappa shape index (κ1) is 42.4. The Bertz CT molecular complexity index is 2380. The number of hydrogen-bond donors (Lipinski definition) is 1. The maximum atomic E-state index is 15.2. The lowest BCUT2D eigenvalue weighted by molar-refractivity contribution is -0.126. The number of halogens is 1. The summed E-state index contributed by atoms with van der Waals surface area (Å²) in [5, 5.41) is 0.322. The minimum absolute atomic E-state index is 0.0754. The van der Waals surface area contributed by atoms with Gasteiger partial charge < -0.3 is 23.4 Å². The third kappa shape index (κ3) is 7.66. The molecule has 0 unspecified atom stereocenters. The summed E-state index contributed by atoms with van der Waals surface area (Å²) < 4.78 is 69.3. The van der Waals surface area contributed by atoms with E-state index in [2.05, 4.69) is 4.98 Å². The first-order chi connectivity index (χ1) is 28.0. The molecule has 16 heteroatoms. The monoisotopic (exact) mass is 861 g/mol. The van der Waals surface area contributed by atoms with E-state index < -0.39 is 52.7 Å². The molecule has 0 spiro atoms. The van der Waals surface area contributed by atoms with Gasteiger partial charge >= 0.3 is 6.03 Å². The number of aromatic nitrogens is 1. The Balaban J connectivity index is 1.34. The maximum Gasteiger partial charge on any atom is 0.340 e. The number of hydrogen-bond acceptors (Lipinski definition) is 11. The van der Waals surface area contributed by atoms with Crippen molar-refractivity contribution in [1.29, 1.82) is 0 Å². The number of thiophene rings is 1. The summed E-state index contributed by atoms with van der Waals surface area (Å²) in [6.07, 6.45) is 2.27. The molecule has 12 nitrogen and oxygen atoms in total. The highest BCUT2D eigenvalue weighted by atomic mass is 32.2. The predicted octanol–water partition coefficient (Wildman–Crippen LogP) is 7.00. The molecule has 1 N–H and O–H groups in total. The van der Waals surface area contributed by atoms with Crippen LogP contribution in [0.4, 0.5) is 14.2 Å². The number of nitrogens with zero attached hydrogens (tertiary/aromatic N) is 3. The molecule has 0 saturated carbocycles. The van der Waals surface area contributed by atoms with Crippen molar-refractivity contribution in [3.63, 3.8) is 0 Å². The summed E-state index contributed by atoms with van der Waals surface area (Å²) in [6, 6.07) is 21.4. The second-order valence-electron chi connectivity index (χ2n) is 16.0. The van der Waals surface area contributed by atoms with E-state index in [1.54, 1.807) is 20.8 Å². The zero-order valence-corrected chi connectivity index (χ0v) is 36.4. The number of methoxy groups -OCH3 is 1. The summed E-state index contributed by atoms with van der Waals surface area (Å²) >= 11 is 1.01. The lowest BCUT2D eigenvalue weighted by Crippen LogP contribution is -2.67. The van der Waals surface area contributed by atoms with Gasteiger partial charge in [-0.25, -0.2) is 26.9 Å². The molecule has 2 aliphatic rings. The van der Waals surface area contributed by atoms with Crippen LogP contribution in [0, 0.1) is 12.7 Å². The molecule has 1 atom stereocenters. The van der Waals surface area contributed by atoms with Crippen LogP contribution in [-0.2, 0) is 24.3 Å². The van der Waals surface area contributed by atoms with Crippen molar-refractivity contribution in [2.75, 3.05) is 31.8 Å². The van der Waals surface area contributed by atoms with Gasteiger partial charge in [-0.05, 0) is 72.8 Å². The standard InChI is InChI=1S/C43H48FN3O9S2Si/c1-28-37(39-45-21-24-55-39)57-40-38(28)58(50,51)47(41(49)46(40)27-35(56-30-19-22-54-23-20-30)33-25-29(44)17-18-34(33)53-6)43(4,5)36(48)26-42(2,3)59(52,31-13-9-7-10-14-31)32-15-11-8-12-16-32/h7-18,21,24-25,30,35,52H,19-20,22-23,26-27H2,1-6H3/t35-/m0/s1. The first-order valence-electron chi connectivity index (χ1n) is 19.4. The molecule has 1 saturated heterocycles. The zero-order chi connectivity index (χ0) is 42.3. The number of Topliss-reactive ketones (excluding diaryl/α,β-unsaturated/α-hetero) is 1. The lowest BCUT2D eigenvalue weighted by Gasteiger charge is -2.46. The van der Waals surface area contributed by atoms with Gasteiger partial charge in [0.15, 0.2) is 5.78 Å². The number of anilines is 1. The number of amides is 2. The normalized spacial score (nSPS) is 16.8. The highest BCUT2D eigenvalue weighted by Gasteiger charge is 2.57. The van der Waals surface area contributed by atoms with Gasteiger partial charge in [0.2, 0.25) is 5.89 Å². The average Bonchev–Trinajstić information content (AvgIpc) is 3.88. The number of carbonyl (C=O) groups excluding carboxylic acids is 2. The van der Waals surface area contributed by atoms with Crippen LogP contribution in [0.1, 0.15) is 64.2 Å². The molecule has 0 aliphatic carbocycles. The number of rotatable bonds is 14. The highest BCUT2D eigenvalue weighted by molar-refractivity contribution is 7.90. The van der Waals surface area contributed by atoms with E-state index in [1.807, 2.05) is 60.7 Å². The van der Waals surface area contributed by atoms with Gasteiger partial charge in [0.1, 0.15) is 39.4 Å². The smallest absolute Gasteiger partial charge is 0.340 e. The highest BCUT2D eigenvalue weighted by Crippen LogP contribution is 2.51. The van der Waals surface area contributed by atoms with Crippen molar-refractivity contribution < 1.29 is 45.8 Å². The third-order valence-electron chi connectivity index (χ3n) is 11.4. The van der Waals surface area contributed by atoms with Crippen molar-refractivity contribution in [3.05, 3.63) is 108 Å².